The number of ether oxygens (including phenoxy) is 3. The number of aromatic nitrogens is 2. The number of nitrogens with one attached hydrogen (secondary N) is 1. The van der Waals surface area contributed by atoms with Crippen LogP contribution in [-0.4, -0.2) is 43.5 Å². The van der Waals surface area contributed by atoms with E-state index in [1.165, 1.54) is 60.3 Å². The highest BCUT2D eigenvalue weighted by atomic mass is 32.2. The van der Waals surface area contributed by atoms with Gasteiger partial charge in [-0.2, -0.15) is 0 Å². The molecule has 13 heteroatoms. The summed E-state index contributed by atoms with van der Waals surface area (Å²) in [6.45, 7) is -0.256. The lowest BCUT2D eigenvalue weighted by Crippen LogP contribution is -2.31. The van der Waals surface area contributed by atoms with Gasteiger partial charge in [0.25, 0.3) is 5.91 Å². The zero-order chi connectivity index (χ0) is 26.5. The number of benzene rings is 2. The van der Waals surface area contributed by atoms with Gasteiger partial charge in [0, 0.05) is 22.9 Å². The van der Waals surface area contributed by atoms with Crippen LogP contribution < -0.4 is 18.9 Å². The van der Waals surface area contributed by atoms with Crippen molar-refractivity contribution in [2.24, 2.45) is 0 Å². The summed E-state index contributed by atoms with van der Waals surface area (Å²) in [5, 5.41) is -0.00374. The highest BCUT2D eigenvalue weighted by Crippen LogP contribution is 2.51. The van der Waals surface area contributed by atoms with Crippen LogP contribution >= 0.6 is 0 Å². The molecule has 1 amide bonds. The average Bonchev–Trinajstić information content (AvgIpc) is 3.32. The Morgan fingerprint density at radius 3 is 2.59 bits per heavy atom. The second-order valence-corrected chi connectivity index (χ2v) is 9.87. The highest BCUT2D eigenvalue weighted by molar-refractivity contribution is 7.89. The molecule has 2 aromatic carbocycles. The number of carbonyl (C=O) groups excluding carboxylic acids is 1. The monoisotopic (exact) mass is 533 g/mol. The Balaban J connectivity index is 1.92. The van der Waals surface area contributed by atoms with Crippen LogP contribution in [0.25, 0.3) is 22.0 Å². The average molecular weight is 533 g/mol. The molecule has 37 heavy (non-hydrogen) atoms. The summed E-state index contributed by atoms with van der Waals surface area (Å²) in [4.78, 5) is 17.6. The topological polar surface area (TPSA) is 109 Å². The molecule has 0 radical (unpaired) electrons. The molecule has 0 saturated carbocycles. The van der Waals surface area contributed by atoms with Gasteiger partial charge in [-0.05, 0) is 30.3 Å². The maximum Gasteiger partial charge on any atom is 0.586 e. The number of fused-ring (bicyclic) bond motifs is 3. The number of carbonyl (C=O) groups is 1. The molecule has 9 nitrogen and oxygen atoms in total. The van der Waals surface area contributed by atoms with Crippen LogP contribution in [0.2, 0.25) is 0 Å². The van der Waals surface area contributed by atoms with Crippen LogP contribution in [0.1, 0.15) is 16.1 Å². The zero-order valence-electron chi connectivity index (χ0n) is 19.3. The number of rotatable bonds is 6. The number of alkyl halides is 2. The quantitative estimate of drug-likeness (QED) is 0.400. The fourth-order valence-electron chi connectivity index (χ4n) is 4.26. The van der Waals surface area contributed by atoms with E-state index in [4.69, 9.17) is 9.47 Å². The fourth-order valence-corrected chi connectivity index (χ4v) is 4.70. The minimum atomic E-state index is -4.06. The van der Waals surface area contributed by atoms with Gasteiger partial charge in [-0.3, -0.25) is 4.79 Å². The van der Waals surface area contributed by atoms with E-state index in [9.17, 15) is 26.4 Å². The van der Waals surface area contributed by atoms with E-state index in [2.05, 4.69) is 9.72 Å². The third kappa shape index (κ3) is 4.42. The minimum Gasteiger partial charge on any atom is -0.481 e. The van der Waals surface area contributed by atoms with Crippen molar-refractivity contribution in [1.29, 1.82) is 0 Å². The maximum absolute atomic E-state index is 14.7. The van der Waals surface area contributed by atoms with Crippen molar-refractivity contribution in [2.75, 3.05) is 13.4 Å². The number of sulfonamides is 1. The van der Waals surface area contributed by atoms with Gasteiger partial charge >= 0.3 is 6.29 Å². The fraction of sp³-hybridized carbons (Fsp3) is 0.167. The predicted molar refractivity (Wildman–Crippen MR) is 126 cm³/mol. The van der Waals surface area contributed by atoms with Crippen molar-refractivity contribution >= 4 is 26.8 Å². The number of methoxy groups -OCH3 is 1. The lowest BCUT2D eigenvalue weighted by molar-refractivity contribution is -0.286. The highest BCUT2D eigenvalue weighted by Gasteiger charge is 2.46. The summed E-state index contributed by atoms with van der Waals surface area (Å²) in [6.07, 6.45) is -1.79. The molecule has 5 rings (SSSR count). The van der Waals surface area contributed by atoms with Crippen LogP contribution in [0.5, 0.6) is 17.4 Å². The van der Waals surface area contributed by atoms with Crippen molar-refractivity contribution in [1.82, 2.24) is 14.3 Å². The van der Waals surface area contributed by atoms with E-state index < -0.39 is 28.0 Å². The molecular formula is C24H18F3N3O6S. The van der Waals surface area contributed by atoms with E-state index in [1.807, 2.05) is 4.72 Å². The van der Waals surface area contributed by atoms with E-state index in [-0.39, 0.29) is 57.2 Å². The Labute approximate surface area is 208 Å². The number of hydrogen-bond donors (Lipinski definition) is 1. The number of pyridine rings is 1. The molecule has 0 atom stereocenters. The largest absolute Gasteiger partial charge is 0.586 e. The summed E-state index contributed by atoms with van der Waals surface area (Å²) in [5.41, 5.74) is 0.203. The summed E-state index contributed by atoms with van der Waals surface area (Å²) in [7, 11) is -2.74. The smallest absolute Gasteiger partial charge is 0.481 e. The second kappa shape index (κ2) is 8.69. The first kappa shape index (κ1) is 24.4. The van der Waals surface area contributed by atoms with Crippen molar-refractivity contribution in [3.8, 4) is 28.5 Å². The molecular weight excluding hydrogens is 515 g/mol. The molecule has 0 bridgehead atoms. The van der Waals surface area contributed by atoms with Crippen LogP contribution in [-0.2, 0) is 16.6 Å². The molecule has 1 N–H and O–H groups in total. The Morgan fingerprint density at radius 2 is 1.89 bits per heavy atom. The summed E-state index contributed by atoms with van der Waals surface area (Å²) < 4.78 is 85.0. The van der Waals surface area contributed by atoms with Gasteiger partial charge in [-0.1, -0.05) is 18.2 Å². The third-order valence-corrected chi connectivity index (χ3v) is 6.17. The minimum absolute atomic E-state index is 0.00374. The Bertz CT molecular complexity index is 1670. The van der Waals surface area contributed by atoms with Gasteiger partial charge in [0.2, 0.25) is 15.9 Å². The SMILES string of the molecule is COc1ncccc1-c1c(C(=O)NS(C)(=O)=O)n(Cc2ccccc2F)c2ccc3c(c12)OC(F)(F)O3. The predicted octanol–water partition coefficient (Wildman–Crippen LogP) is 3.91. The molecule has 2 aromatic heterocycles. The van der Waals surface area contributed by atoms with Crippen LogP contribution in [0.15, 0.2) is 54.7 Å². The van der Waals surface area contributed by atoms with Crippen molar-refractivity contribution in [2.45, 2.75) is 12.8 Å². The normalized spacial score (nSPS) is 14.1. The Morgan fingerprint density at radius 1 is 1.14 bits per heavy atom. The number of hydrogen-bond acceptors (Lipinski definition) is 7. The van der Waals surface area contributed by atoms with E-state index in [0.29, 0.717) is 0 Å². The first-order chi connectivity index (χ1) is 17.5. The molecule has 0 saturated heterocycles. The van der Waals surface area contributed by atoms with Crippen LogP contribution in [0.3, 0.4) is 0 Å². The molecule has 3 heterocycles. The first-order valence-corrected chi connectivity index (χ1v) is 12.6. The summed E-state index contributed by atoms with van der Waals surface area (Å²) in [6, 6.07) is 11.4. The first-order valence-electron chi connectivity index (χ1n) is 10.7. The maximum atomic E-state index is 14.7. The summed E-state index contributed by atoms with van der Waals surface area (Å²) in [5.74, 6) is -2.35. The molecule has 0 fully saturated rings. The number of nitrogens with zero attached hydrogens (tertiary/aromatic N) is 2. The second-order valence-electron chi connectivity index (χ2n) is 8.12. The summed E-state index contributed by atoms with van der Waals surface area (Å²) >= 11 is 0. The molecule has 1 aliphatic rings. The Hall–Kier alpha value is -4.26. The van der Waals surface area contributed by atoms with Crippen molar-refractivity contribution in [3.05, 3.63) is 71.8 Å². The van der Waals surface area contributed by atoms with Crippen molar-refractivity contribution < 1.29 is 40.6 Å². The van der Waals surface area contributed by atoms with Gasteiger partial charge in [0.05, 0.1) is 30.8 Å². The number of amides is 1. The van der Waals surface area contributed by atoms with Gasteiger partial charge in [-0.15, -0.1) is 8.78 Å². The molecule has 192 valence electrons. The van der Waals surface area contributed by atoms with E-state index in [1.54, 1.807) is 6.07 Å². The third-order valence-electron chi connectivity index (χ3n) is 5.61. The lowest BCUT2D eigenvalue weighted by Gasteiger charge is -2.14. The molecule has 4 aromatic rings. The Kier molecular flexibility index (Phi) is 5.74. The van der Waals surface area contributed by atoms with Crippen LogP contribution in [0.4, 0.5) is 13.2 Å². The molecule has 0 spiro atoms. The zero-order valence-corrected chi connectivity index (χ0v) is 20.1. The molecule has 0 aliphatic carbocycles. The van der Waals surface area contributed by atoms with Crippen molar-refractivity contribution in [3.63, 3.8) is 0 Å². The van der Waals surface area contributed by atoms with Crippen LogP contribution in [0, 0.1) is 5.82 Å². The van der Waals surface area contributed by atoms with E-state index >= 15 is 0 Å². The molecule has 0 unspecified atom stereocenters. The van der Waals surface area contributed by atoms with Gasteiger partial charge in [0.15, 0.2) is 11.5 Å². The molecule has 1 aliphatic heterocycles. The van der Waals surface area contributed by atoms with E-state index in [0.717, 1.165) is 6.26 Å². The van der Waals surface area contributed by atoms with Gasteiger partial charge < -0.3 is 18.8 Å². The van der Waals surface area contributed by atoms with Gasteiger partial charge in [-0.25, -0.2) is 22.5 Å². The lowest BCUT2D eigenvalue weighted by atomic mass is 10.0. The number of halogens is 3. The van der Waals surface area contributed by atoms with Gasteiger partial charge in [0.1, 0.15) is 11.5 Å². The standard InChI is InChI=1S/C24H18F3N3O6S/c1-34-23-14(7-5-11-28-23)18-19-16(9-10-17-21(19)36-24(26,27)35-17)30(12-13-6-3-4-8-15(13)25)20(18)22(31)29-37(2,32)33/h3-11H,12H2,1-2H3,(H,29,31).